The number of sulfonamides is 1. The fourth-order valence-corrected chi connectivity index (χ4v) is 6.88. The minimum absolute atomic E-state index is 0.322. The molecule has 194 valence electrons. The molecule has 0 saturated heterocycles. The van der Waals surface area contributed by atoms with E-state index in [0.717, 1.165) is 57.1 Å². The van der Waals surface area contributed by atoms with Gasteiger partial charge in [0.25, 0.3) is 0 Å². The summed E-state index contributed by atoms with van der Waals surface area (Å²) in [5.74, 6) is 0. The highest BCUT2D eigenvalue weighted by Gasteiger charge is 2.21. The molecule has 0 aliphatic carbocycles. The van der Waals surface area contributed by atoms with Crippen LogP contribution in [0.15, 0.2) is 53.4 Å². The average Bonchev–Trinajstić information content (AvgIpc) is 2.86. The molecule has 0 saturated carbocycles. The maximum absolute atomic E-state index is 12.7. The average molecular weight is 506 g/mol. The van der Waals surface area contributed by atoms with Crippen molar-refractivity contribution < 1.29 is 8.42 Å². The summed E-state index contributed by atoms with van der Waals surface area (Å²) in [6.45, 7) is 2.27. The lowest BCUT2D eigenvalue weighted by Crippen LogP contribution is -2.15. The Hall–Kier alpha value is -2.17. The molecular formula is C32H43NO2S. The Balaban J connectivity index is 1.30. The molecule has 3 nitrogen and oxygen atoms in total. The second kappa shape index (κ2) is 12.9. The highest BCUT2D eigenvalue weighted by molar-refractivity contribution is 7.89. The van der Waals surface area contributed by atoms with Crippen LogP contribution in [0.3, 0.4) is 0 Å². The van der Waals surface area contributed by atoms with Crippen LogP contribution in [0, 0.1) is 0 Å². The van der Waals surface area contributed by atoms with Crippen molar-refractivity contribution >= 4 is 42.3 Å². The van der Waals surface area contributed by atoms with Gasteiger partial charge >= 0.3 is 0 Å². The number of primary sulfonamides is 1. The lowest BCUT2D eigenvalue weighted by Gasteiger charge is -2.17. The normalized spacial score (nSPS) is 12.4. The van der Waals surface area contributed by atoms with Crippen LogP contribution < -0.4 is 5.14 Å². The molecule has 4 aromatic carbocycles. The second-order valence-corrected chi connectivity index (χ2v) is 12.1. The molecule has 0 aliphatic heterocycles. The van der Waals surface area contributed by atoms with Crippen molar-refractivity contribution in [2.24, 2.45) is 5.14 Å². The molecule has 0 unspecified atom stereocenters. The molecule has 0 spiro atoms. The number of hydrogen-bond donors (Lipinski definition) is 1. The summed E-state index contributed by atoms with van der Waals surface area (Å²) >= 11 is 0. The van der Waals surface area contributed by atoms with Crippen molar-refractivity contribution in [3.8, 4) is 0 Å². The molecule has 4 heteroatoms. The Bertz CT molecular complexity index is 1340. The van der Waals surface area contributed by atoms with Crippen molar-refractivity contribution in [3.63, 3.8) is 0 Å². The Morgan fingerprint density at radius 2 is 1.11 bits per heavy atom. The molecule has 36 heavy (non-hydrogen) atoms. The molecule has 0 aliphatic rings. The van der Waals surface area contributed by atoms with Gasteiger partial charge in [-0.25, -0.2) is 13.6 Å². The summed E-state index contributed by atoms with van der Waals surface area (Å²) < 4.78 is 25.5. The van der Waals surface area contributed by atoms with Crippen LogP contribution in [0.1, 0.15) is 102 Å². The van der Waals surface area contributed by atoms with Gasteiger partial charge in [-0.15, -0.1) is 0 Å². The monoisotopic (exact) mass is 505 g/mol. The maximum atomic E-state index is 12.7. The molecule has 2 N–H and O–H groups in total. The molecule has 4 rings (SSSR count). The fourth-order valence-electron chi connectivity index (χ4n) is 5.88. The van der Waals surface area contributed by atoms with Gasteiger partial charge in [0.05, 0.1) is 4.90 Å². The summed E-state index contributed by atoms with van der Waals surface area (Å²) in [5.41, 5.74) is 0.863. The molecule has 0 heterocycles. The van der Waals surface area contributed by atoms with Crippen LogP contribution >= 0.6 is 0 Å². The number of unbranched alkanes of at least 4 members (excludes halogenated alkanes) is 13. The number of hydrogen-bond acceptors (Lipinski definition) is 2. The zero-order valence-corrected chi connectivity index (χ0v) is 22.8. The van der Waals surface area contributed by atoms with E-state index < -0.39 is 10.0 Å². The molecule has 0 atom stereocenters. The Morgan fingerprint density at radius 3 is 1.67 bits per heavy atom. The van der Waals surface area contributed by atoms with Gasteiger partial charge in [0, 0.05) is 5.39 Å². The molecule has 0 radical (unpaired) electrons. The lowest BCUT2D eigenvalue weighted by atomic mass is 9.91. The van der Waals surface area contributed by atoms with Gasteiger partial charge in [0.1, 0.15) is 0 Å². The number of nitrogens with two attached hydrogens (primary N) is 1. The SMILES string of the molecule is CCCCCCCCCCCCCCCCc1cc2ccc3cccc4ccc(c1S(N)(=O)=O)c2c34. The molecule has 4 aromatic rings. The van der Waals surface area contributed by atoms with E-state index in [1.54, 1.807) is 0 Å². The Morgan fingerprint density at radius 1 is 0.611 bits per heavy atom. The summed E-state index contributed by atoms with van der Waals surface area (Å²) in [6, 6.07) is 16.5. The van der Waals surface area contributed by atoms with Crippen LogP contribution in [-0.4, -0.2) is 8.42 Å². The molecule has 0 aromatic heterocycles. The third-order valence-corrected chi connectivity index (χ3v) is 8.81. The standard InChI is InChI=1S/C32H43NO2S/c1-2-3-4-5-6-7-8-9-10-11-12-13-14-15-17-28-24-27-21-20-25-18-16-19-26-22-23-29(31(27)30(25)26)32(28)36(33,34)35/h16,18-24H,2-15,17H2,1H3,(H2,33,34,35). The van der Waals surface area contributed by atoms with Crippen molar-refractivity contribution in [3.05, 3.63) is 54.1 Å². The quantitative estimate of drug-likeness (QED) is 0.122. The number of rotatable bonds is 16. The van der Waals surface area contributed by atoms with Gasteiger partial charge in [-0.1, -0.05) is 133 Å². The van der Waals surface area contributed by atoms with Crippen LogP contribution in [0.5, 0.6) is 0 Å². The fraction of sp³-hybridized carbons (Fsp3) is 0.500. The van der Waals surface area contributed by atoms with Gasteiger partial charge in [-0.2, -0.15) is 0 Å². The first-order valence-electron chi connectivity index (χ1n) is 14.2. The topological polar surface area (TPSA) is 60.2 Å². The van der Waals surface area contributed by atoms with Gasteiger partial charge in [-0.3, -0.25) is 0 Å². The van der Waals surface area contributed by atoms with Crippen LogP contribution in [0.25, 0.3) is 32.3 Å². The second-order valence-electron chi connectivity index (χ2n) is 10.6. The first-order valence-corrected chi connectivity index (χ1v) is 15.8. The Kier molecular flexibility index (Phi) is 9.61. The van der Waals surface area contributed by atoms with Crippen molar-refractivity contribution in [1.82, 2.24) is 0 Å². The van der Waals surface area contributed by atoms with Crippen LogP contribution in [0.4, 0.5) is 0 Å². The molecule has 0 amide bonds. The minimum Gasteiger partial charge on any atom is -0.225 e. The van der Waals surface area contributed by atoms with Crippen molar-refractivity contribution in [2.75, 3.05) is 0 Å². The zero-order valence-electron chi connectivity index (χ0n) is 22.0. The summed E-state index contributed by atoms with van der Waals surface area (Å²) in [7, 11) is -3.83. The lowest BCUT2D eigenvalue weighted by molar-refractivity contribution is 0.535. The predicted molar refractivity (Wildman–Crippen MR) is 156 cm³/mol. The Labute approximate surface area is 217 Å². The van der Waals surface area contributed by atoms with E-state index in [2.05, 4.69) is 37.3 Å². The summed E-state index contributed by atoms with van der Waals surface area (Å²) in [4.78, 5) is 0.322. The smallest absolute Gasteiger partial charge is 0.225 e. The summed E-state index contributed by atoms with van der Waals surface area (Å²) in [5, 5.41) is 12.0. The minimum atomic E-state index is -3.83. The van der Waals surface area contributed by atoms with Gasteiger partial charge in [0.15, 0.2) is 0 Å². The van der Waals surface area contributed by atoms with Crippen LogP contribution in [-0.2, 0) is 16.4 Å². The summed E-state index contributed by atoms with van der Waals surface area (Å²) in [6.07, 6.45) is 19.1. The highest BCUT2D eigenvalue weighted by Crippen LogP contribution is 2.39. The molecular weight excluding hydrogens is 462 g/mol. The van der Waals surface area contributed by atoms with Crippen molar-refractivity contribution in [1.29, 1.82) is 0 Å². The number of benzene rings is 4. The first-order chi connectivity index (χ1) is 17.5. The highest BCUT2D eigenvalue weighted by atomic mass is 32.2. The third kappa shape index (κ3) is 6.58. The maximum Gasteiger partial charge on any atom is 0.238 e. The van der Waals surface area contributed by atoms with E-state index in [1.807, 2.05) is 18.2 Å². The largest absolute Gasteiger partial charge is 0.238 e. The van der Waals surface area contributed by atoms with E-state index in [1.165, 1.54) is 77.0 Å². The van der Waals surface area contributed by atoms with Gasteiger partial charge in [-0.05, 0) is 51.4 Å². The number of aryl methyl sites for hydroxylation is 1. The molecule has 0 fully saturated rings. The third-order valence-electron chi connectivity index (χ3n) is 7.76. The van der Waals surface area contributed by atoms with Crippen molar-refractivity contribution in [2.45, 2.75) is 108 Å². The predicted octanol–water partition coefficient (Wildman–Crippen LogP) is 9.26. The van der Waals surface area contributed by atoms with E-state index in [0.29, 0.717) is 4.90 Å². The van der Waals surface area contributed by atoms with Gasteiger partial charge in [0.2, 0.25) is 10.0 Å². The van der Waals surface area contributed by atoms with Crippen LogP contribution in [0.2, 0.25) is 0 Å². The van der Waals surface area contributed by atoms with E-state index in [-0.39, 0.29) is 0 Å². The van der Waals surface area contributed by atoms with E-state index in [9.17, 15) is 8.42 Å². The first kappa shape index (κ1) is 26.9. The van der Waals surface area contributed by atoms with E-state index in [4.69, 9.17) is 5.14 Å². The van der Waals surface area contributed by atoms with Gasteiger partial charge < -0.3 is 0 Å². The van der Waals surface area contributed by atoms with E-state index >= 15 is 0 Å². The molecule has 0 bridgehead atoms. The zero-order chi connectivity index (χ0) is 25.4.